The molecule has 19 heavy (non-hydrogen) atoms. The van der Waals surface area contributed by atoms with Crippen molar-refractivity contribution in [2.75, 3.05) is 52.5 Å². The molecule has 0 bridgehead atoms. The number of benzene rings is 1. The lowest BCUT2D eigenvalue weighted by Gasteiger charge is -2.24. The maximum atomic E-state index is 5.22. The van der Waals surface area contributed by atoms with E-state index in [2.05, 4.69) is 11.0 Å². The molecule has 1 rings (SSSR count). The summed E-state index contributed by atoms with van der Waals surface area (Å²) < 4.78 is 15.5. The van der Waals surface area contributed by atoms with Crippen LogP contribution in [-0.2, 0) is 9.47 Å². The Morgan fingerprint density at radius 1 is 0.947 bits per heavy atom. The van der Waals surface area contributed by atoms with Crippen molar-refractivity contribution in [2.24, 2.45) is 0 Å². The van der Waals surface area contributed by atoms with Gasteiger partial charge in [-0.05, 0) is 12.1 Å². The van der Waals surface area contributed by atoms with Crippen LogP contribution in [0.3, 0.4) is 0 Å². The van der Waals surface area contributed by atoms with Crippen LogP contribution in [0.4, 0.5) is 5.69 Å². The number of methoxy groups -OCH3 is 3. The molecule has 4 nitrogen and oxygen atoms in total. The van der Waals surface area contributed by atoms with Crippen LogP contribution in [0.1, 0.15) is 13.8 Å². The Balaban J connectivity index is 0.00000154. The zero-order valence-corrected chi connectivity index (χ0v) is 12.8. The molecule has 0 aliphatic heterocycles. The highest BCUT2D eigenvalue weighted by atomic mass is 16.5. The summed E-state index contributed by atoms with van der Waals surface area (Å²) >= 11 is 0. The van der Waals surface area contributed by atoms with E-state index < -0.39 is 0 Å². The molecule has 0 aliphatic rings. The minimum absolute atomic E-state index is 0.695. The van der Waals surface area contributed by atoms with E-state index in [1.807, 2.05) is 32.0 Å². The minimum atomic E-state index is 0.695. The quantitative estimate of drug-likeness (QED) is 0.726. The van der Waals surface area contributed by atoms with E-state index in [1.54, 1.807) is 21.3 Å². The van der Waals surface area contributed by atoms with Crippen molar-refractivity contribution in [1.82, 2.24) is 0 Å². The molecule has 0 spiro atoms. The summed E-state index contributed by atoms with van der Waals surface area (Å²) in [4.78, 5) is 2.22. The van der Waals surface area contributed by atoms with Gasteiger partial charge >= 0.3 is 0 Å². The number of anilines is 1. The average Bonchev–Trinajstić information content (AvgIpc) is 2.49. The summed E-state index contributed by atoms with van der Waals surface area (Å²) in [5, 5.41) is 0. The minimum Gasteiger partial charge on any atom is -0.497 e. The molecule has 0 saturated heterocycles. The molecule has 0 aromatic heterocycles. The normalized spacial score (nSPS) is 9.53. The van der Waals surface area contributed by atoms with Gasteiger partial charge in [-0.1, -0.05) is 19.9 Å². The Bertz CT molecular complexity index is 310. The van der Waals surface area contributed by atoms with E-state index >= 15 is 0 Å². The molecule has 0 amide bonds. The third-order valence-electron chi connectivity index (χ3n) is 2.55. The second-order valence-electron chi connectivity index (χ2n) is 3.67. The first-order chi connectivity index (χ1) is 9.31. The number of hydrogen-bond donors (Lipinski definition) is 0. The Hall–Kier alpha value is -1.26. The van der Waals surface area contributed by atoms with Gasteiger partial charge in [-0.15, -0.1) is 0 Å². The second kappa shape index (κ2) is 11.8. The van der Waals surface area contributed by atoms with Crippen molar-refractivity contribution >= 4 is 5.69 Å². The molecule has 0 aliphatic carbocycles. The summed E-state index contributed by atoms with van der Waals surface area (Å²) in [5.74, 6) is 0.863. The van der Waals surface area contributed by atoms with E-state index in [0.29, 0.717) is 13.2 Å². The molecule has 0 atom stereocenters. The number of nitrogens with zero attached hydrogens (tertiary/aromatic N) is 1. The fourth-order valence-electron chi connectivity index (χ4n) is 1.58. The Labute approximate surface area is 117 Å². The molecule has 0 saturated carbocycles. The Morgan fingerprint density at radius 2 is 1.53 bits per heavy atom. The monoisotopic (exact) mass is 269 g/mol. The maximum Gasteiger partial charge on any atom is 0.120 e. The standard InChI is InChI=1S/C13H21NO3.C2H6/c1-15-9-7-14(8-10-16-2)12-5-4-6-13(11-12)17-3;1-2/h4-6,11H,7-10H2,1-3H3;1-2H3. The van der Waals surface area contributed by atoms with Crippen LogP contribution in [0, 0.1) is 0 Å². The van der Waals surface area contributed by atoms with Crippen LogP contribution >= 0.6 is 0 Å². The SMILES string of the molecule is CC.COCCN(CCOC)c1cccc(OC)c1. The summed E-state index contributed by atoms with van der Waals surface area (Å²) in [6.45, 7) is 7.07. The van der Waals surface area contributed by atoms with E-state index in [-0.39, 0.29) is 0 Å². The van der Waals surface area contributed by atoms with Crippen molar-refractivity contribution in [2.45, 2.75) is 13.8 Å². The van der Waals surface area contributed by atoms with E-state index in [4.69, 9.17) is 14.2 Å². The molecule has 0 radical (unpaired) electrons. The number of hydrogen-bond acceptors (Lipinski definition) is 4. The molecule has 0 fully saturated rings. The predicted octanol–water partition coefficient (Wildman–Crippen LogP) is 2.82. The highest BCUT2D eigenvalue weighted by Gasteiger charge is 2.06. The smallest absolute Gasteiger partial charge is 0.120 e. The van der Waals surface area contributed by atoms with Gasteiger partial charge in [0.1, 0.15) is 5.75 Å². The maximum absolute atomic E-state index is 5.22. The van der Waals surface area contributed by atoms with Gasteiger partial charge in [0.2, 0.25) is 0 Å². The third kappa shape index (κ3) is 7.03. The van der Waals surface area contributed by atoms with Crippen LogP contribution in [-0.4, -0.2) is 47.6 Å². The molecule has 110 valence electrons. The van der Waals surface area contributed by atoms with Crippen LogP contribution < -0.4 is 9.64 Å². The van der Waals surface area contributed by atoms with E-state index in [0.717, 1.165) is 24.5 Å². The van der Waals surface area contributed by atoms with Crippen molar-refractivity contribution in [3.8, 4) is 5.75 Å². The van der Waals surface area contributed by atoms with Gasteiger partial charge in [0.05, 0.1) is 20.3 Å². The van der Waals surface area contributed by atoms with Gasteiger partial charge in [-0.3, -0.25) is 0 Å². The van der Waals surface area contributed by atoms with Gasteiger partial charge in [0, 0.05) is 39.1 Å². The van der Waals surface area contributed by atoms with Crippen molar-refractivity contribution in [1.29, 1.82) is 0 Å². The largest absolute Gasteiger partial charge is 0.497 e. The zero-order chi connectivity index (χ0) is 14.5. The predicted molar refractivity (Wildman–Crippen MR) is 80.3 cm³/mol. The molecule has 0 heterocycles. The van der Waals surface area contributed by atoms with Crippen molar-refractivity contribution in [3.05, 3.63) is 24.3 Å². The third-order valence-corrected chi connectivity index (χ3v) is 2.55. The lowest BCUT2D eigenvalue weighted by molar-refractivity contribution is 0.190. The fraction of sp³-hybridized carbons (Fsp3) is 0.600. The molecular formula is C15H27NO3. The Kier molecular flexibility index (Phi) is 11.0. The van der Waals surface area contributed by atoms with E-state index in [9.17, 15) is 0 Å². The zero-order valence-electron chi connectivity index (χ0n) is 12.8. The Morgan fingerprint density at radius 3 is 2.00 bits per heavy atom. The van der Waals surface area contributed by atoms with Crippen LogP contribution in [0.25, 0.3) is 0 Å². The summed E-state index contributed by atoms with van der Waals surface area (Å²) in [7, 11) is 5.09. The first-order valence-corrected chi connectivity index (χ1v) is 6.68. The van der Waals surface area contributed by atoms with Crippen molar-refractivity contribution < 1.29 is 14.2 Å². The molecule has 1 aromatic rings. The summed E-state index contributed by atoms with van der Waals surface area (Å²) in [5.41, 5.74) is 1.12. The topological polar surface area (TPSA) is 30.9 Å². The van der Waals surface area contributed by atoms with Crippen LogP contribution in [0.2, 0.25) is 0 Å². The van der Waals surface area contributed by atoms with Gasteiger partial charge in [0.15, 0.2) is 0 Å². The number of rotatable bonds is 8. The van der Waals surface area contributed by atoms with Crippen LogP contribution in [0.15, 0.2) is 24.3 Å². The van der Waals surface area contributed by atoms with Gasteiger partial charge in [-0.25, -0.2) is 0 Å². The second-order valence-corrected chi connectivity index (χ2v) is 3.67. The molecule has 0 N–H and O–H groups in total. The fourth-order valence-corrected chi connectivity index (χ4v) is 1.58. The molecule has 0 unspecified atom stereocenters. The van der Waals surface area contributed by atoms with Gasteiger partial charge in [0.25, 0.3) is 0 Å². The van der Waals surface area contributed by atoms with Crippen LogP contribution in [0.5, 0.6) is 5.75 Å². The number of ether oxygens (including phenoxy) is 3. The van der Waals surface area contributed by atoms with E-state index in [1.165, 1.54) is 0 Å². The van der Waals surface area contributed by atoms with Crippen molar-refractivity contribution in [3.63, 3.8) is 0 Å². The van der Waals surface area contributed by atoms with Gasteiger partial charge in [-0.2, -0.15) is 0 Å². The molecule has 4 heteroatoms. The lowest BCUT2D eigenvalue weighted by atomic mass is 10.2. The first kappa shape index (κ1) is 17.7. The highest BCUT2D eigenvalue weighted by molar-refractivity contribution is 5.50. The summed E-state index contributed by atoms with van der Waals surface area (Å²) in [6, 6.07) is 8.01. The summed E-state index contributed by atoms with van der Waals surface area (Å²) in [6.07, 6.45) is 0. The first-order valence-electron chi connectivity index (χ1n) is 6.68. The lowest BCUT2D eigenvalue weighted by Crippen LogP contribution is -2.30. The average molecular weight is 269 g/mol. The molecule has 1 aromatic carbocycles. The molecular weight excluding hydrogens is 242 g/mol. The van der Waals surface area contributed by atoms with Gasteiger partial charge < -0.3 is 19.1 Å². The highest BCUT2D eigenvalue weighted by Crippen LogP contribution is 2.20.